The van der Waals surface area contributed by atoms with Crippen LogP contribution in [0.1, 0.15) is 58.8 Å². The molecule has 0 amide bonds. The van der Waals surface area contributed by atoms with Gasteiger partial charge in [-0.1, -0.05) is 26.7 Å². The minimum Gasteiger partial charge on any atom is -0.316 e. The van der Waals surface area contributed by atoms with Crippen molar-refractivity contribution in [3.8, 4) is 0 Å². The van der Waals surface area contributed by atoms with Gasteiger partial charge in [0.25, 0.3) is 0 Å². The van der Waals surface area contributed by atoms with Crippen LogP contribution in [0.3, 0.4) is 0 Å². The summed E-state index contributed by atoms with van der Waals surface area (Å²) in [6.45, 7) is 8.34. The van der Waals surface area contributed by atoms with Gasteiger partial charge in [0.2, 0.25) is 0 Å². The molecule has 0 bridgehead atoms. The summed E-state index contributed by atoms with van der Waals surface area (Å²) in [5.41, 5.74) is 0.562. The summed E-state index contributed by atoms with van der Waals surface area (Å²) in [4.78, 5) is 0. The molecule has 1 aliphatic heterocycles. The monoisotopic (exact) mass is 238 g/mol. The van der Waals surface area contributed by atoms with Gasteiger partial charge in [-0.2, -0.15) is 0 Å². The van der Waals surface area contributed by atoms with Gasteiger partial charge in [-0.15, -0.1) is 0 Å². The Kier molecular flexibility index (Phi) is 4.87. The lowest BCUT2D eigenvalue weighted by atomic mass is 9.77. The lowest BCUT2D eigenvalue weighted by molar-refractivity contribution is 0.181. The second-order valence-corrected chi connectivity index (χ2v) is 6.30. The van der Waals surface area contributed by atoms with E-state index in [1.165, 1.54) is 64.6 Å². The summed E-state index contributed by atoms with van der Waals surface area (Å²) < 4.78 is 0. The van der Waals surface area contributed by atoms with Crippen molar-refractivity contribution in [2.45, 2.75) is 64.8 Å². The highest BCUT2D eigenvalue weighted by molar-refractivity contribution is 4.96. The predicted molar refractivity (Wildman–Crippen MR) is 74.3 cm³/mol. The highest BCUT2D eigenvalue weighted by Gasteiger charge is 2.38. The van der Waals surface area contributed by atoms with Gasteiger partial charge in [0.1, 0.15) is 0 Å². The van der Waals surface area contributed by atoms with E-state index in [-0.39, 0.29) is 0 Å². The molecule has 2 rings (SSSR count). The summed E-state index contributed by atoms with van der Waals surface area (Å²) in [5.74, 6) is 0.996. The molecule has 1 saturated carbocycles. The fourth-order valence-corrected chi connectivity index (χ4v) is 3.55. The van der Waals surface area contributed by atoms with E-state index >= 15 is 0 Å². The normalized spacial score (nSPS) is 37.1. The molecule has 17 heavy (non-hydrogen) atoms. The average molecular weight is 238 g/mol. The summed E-state index contributed by atoms with van der Waals surface area (Å²) in [7, 11) is 0. The highest BCUT2D eigenvalue weighted by atomic mass is 15.0. The van der Waals surface area contributed by atoms with Crippen LogP contribution in [0.2, 0.25) is 0 Å². The zero-order chi connectivity index (χ0) is 12.1. The Morgan fingerprint density at radius 1 is 1.29 bits per heavy atom. The standard InChI is InChI=1S/C15H30N2/c1-3-6-13-10-14(13)17-12-15(7-4-2)8-5-9-16-11-15/h13-14,16-17H,3-12H2,1-2H3. The van der Waals surface area contributed by atoms with Crippen molar-refractivity contribution in [1.82, 2.24) is 10.6 Å². The first-order valence-corrected chi connectivity index (χ1v) is 7.74. The number of hydrogen-bond donors (Lipinski definition) is 2. The predicted octanol–water partition coefficient (Wildman–Crippen LogP) is 2.93. The average Bonchev–Trinajstić information content (AvgIpc) is 3.08. The smallest absolute Gasteiger partial charge is 0.00993 e. The molecule has 1 aliphatic carbocycles. The van der Waals surface area contributed by atoms with Gasteiger partial charge in [-0.05, 0) is 50.0 Å². The zero-order valence-electron chi connectivity index (χ0n) is 11.7. The molecule has 2 N–H and O–H groups in total. The topological polar surface area (TPSA) is 24.1 Å². The minimum absolute atomic E-state index is 0.562. The largest absolute Gasteiger partial charge is 0.316 e. The van der Waals surface area contributed by atoms with E-state index in [1.54, 1.807) is 0 Å². The molecular formula is C15H30N2. The van der Waals surface area contributed by atoms with Crippen LogP contribution in [0.5, 0.6) is 0 Å². The van der Waals surface area contributed by atoms with E-state index in [2.05, 4.69) is 24.5 Å². The Labute approximate surface area is 107 Å². The van der Waals surface area contributed by atoms with Crippen LogP contribution >= 0.6 is 0 Å². The van der Waals surface area contributed by atoms with Gasteiger partial charge in [-0.25, -0.2) is 0 Å². The first-order chi connectivity index (χ1) is 8.29. The van der Waals surface area contributed by atoms with Crippen LogP contribution in [0, 0.1) is 11.3 Å². The summed E-state index contributed by atoms with van der Waals surface area (Å²) in [6.07, 6.45) is 9.71. The fraction of sp³-hybridized carbons (Fsp3) is 1.00. The summed E-state index contributed by atoms with van der Waals surface area (Å²) in [5, 5.41) is 7.45. The Bertz CT molecular complexity index is 215. The maximum Gasteiger partial charge on any atom is 0.00993 e. The molecule has 2 aliphatic rings. The fourth-order valence-electron chi connectivity index (χ4n) is 3.55. The molecule has 2 nitrogen and oxygen atoms in total. The third-order valence-corrected chi connectivity index (χ3v) is 4.66. The van der Waals surface area contributed by atoms with E-state index in [0.717, 1.165) is 12.0 Å². The molecule has 0 aromatic rings. The van der Waals surface area contributed by atoms with Crippen molar-refractivity contribution in [3.63, 3.8) is 0 Å². The van der Waals surface area contributed by atoms with Gasteiger partial charge in [0.05, 0.1) is 0 Å². The molecule has 100 valence electrons. The van der Waals surface area contributed by atoms with E-state index in [4.69, 9.17) is 0 Å². The lowest BCUT2D eigenvalue weighted by Gasteiger charge is -2.38. The molecule has 2 fully saturated rings. The van der Waals surface area contributed by atoms with Crippen molar-refractivity contribution in [2.24, 2.45) is 11.3 Å². The number of piperidine rings is 1. The molecule has 0 radical (unpaired) electrons. The van der Waals surface area contributed by atoms with Crippen LogP contribution in [-0.2, 0) is 0 Å². The van der Waals surface area contributed by atoms with E-state index in [0.29, 0.717) is 5.41 Å². The van der Waals surface area contributed by atoms with E-state index in [9.17, 15) is 0 Å². The second-order valence-electron chi connectivity index (χ2n) is 6.30. The Balaban J connectivity index is 1.74. The molecular weight excluding hydrogens is 208 g/mol. The lowest BCUT2D eigenvalue weighted by Crippen LogP contribution is -2.46. The van der Waals surface area contributed by atoms with Gasteiger partial charge in [-0.3, -0.25) is 0 Å². The van der Waals surface area contributed by atoms with Crippen molar-refractivity contribution in [2.75, 3.05) is 19.6 Å². The van der Waals surface area contributed by atoms with Crippen LogP contribution in [-0.4, -0.2) is 25.7 Å². The molecule has 3 atom stereocenters. The van der Waals surface area contributed by atoms with Gasteiger partial charge in [0.15, 0.2) is 0 Å². The van der Waals surface area contributed by atoms with Crippen molar-refractivity contribution >= 4 is 0 Å². The molecule has 1 saturated heterocycles. The first kappa shape index (κ1) is 13.4. The number of hydrogen-bond acceptors (Lipinski definition) is 2. The molecule has 2 heteroatoms. The summed E-state index contributed by atoms with van der Waals surface area (Å²) >= 11 is 0. The Hall–Kier alpha value is -0.0800. The highest BCUT2D eigenvalue weighted by Crippen LogP contribution is 2.37. The van der Waals surface area contributed by atoms with Gasteiger partial charge < -0.3 is 10.6 Å². The van der Waals surface area contributed by atoms with Crippen molar-refractivity contribution in [1.29, 1.82) is 0 Å². The van der Waals surface area contributed by atoms with Gasteiger partial charge >= 0.3 is 0 Å². The van der Waals surface area contributed by atoms with Crippen molar-refractivity contribution < 1.29 is 0 Å². The minimum atomic E-state index is 0.562. The SMILES string of the molecule is CCCC1CC1NCC1(CCC)CCCNC1. The number of nitrogens with one attached hydrogen (secondary N) is 2. The van der Waals surface area contributed by atoms with Crippen LogP contribution in [0.25, 0.3) is 0 Å². The first-order valence-electron chi connectivity index (χ1n) is 7.74. The Morgan fingerprint density at radius 3 is 2.82 bits per heavy atom. The summed E-state index contributed by atoms with van der Waals surface area (Å²) in [6, 6.07) is 0.852. The molecule has 1 heterocycles. The Morgan fingerprint density at radius 2 is 2.18 bits per heavy atom. The van der Waals surface area contributed by atoms with Gasteiger partial charge in [0, 0.05) is 19.1 Å². The molecule has 0 aromatic heterocycles. The van der Waals surface area contributed by atoms with E-state index < -0.39 is 0 Å². The third-order valence-electron chi connectivity index (χ3n) is 4.66. The second kappa shape index (κ2) is 6.19. The molecule has 0 aromatic carbocycles. The zero-order valence-corrected chi connectivity index (χ0v) is 11.7. The maximum absolute atomic E-state index is 3.85. The molecule has 3 unspecified atom stereocenters. The maximum atomic E-state index is 3.85. The third kappa shape index (κ3) is 3.69. The van der Waals surface area contributed by atoms with Crippen LogP contribution in [0.4, 0.5) is 0 Å². The number of rotatable bonds is 7. The van der Waals surface area contributed by atoms with E-state index in [1.807, 2.05) is 0 Å². The van der Waals surface area contributed by atoms with Crippen LogP contribution in [0.15, 0.2) is 0 Å². The quantitative estimate of drug-likeness (QED) is 0.712. The van der Waals surface area contributed by atoms with Crippen molar-refractivity contribution in [3.05, 3.63) is 0 Å². The molecule has 0 spiro atoms. The van der Waals surface area contributed by atoms with Crippen LogP contribution < -0.4 is 10.6 Å².